The number of benzene rings is 2. The summed E-state index contributed by atoms with van der Waals surface area (Å²) >= 11 is 0. The summed E-state index contributed by atoms with van der Waals surface area (Å²) in [7, 11) is 6.38. The third kappa shape index (κ3) is 3.47. The maximum Gasteiger partial charge on any atom is 0.240 e. The molecule has 0 bridgehead atoms. The first-order valence-corrected chi connectivity index (χ1v) is 8.84. The average molecular weight is 384 g/mol. The second kappa shape index (κ2) is 8.21. The second-order valence-electron chi connectivity index (χ2n) is 6.28. The Morgan fingerprint density at radius 1 is 1.00 bits per heavy atom. The molecule has 0 aromatic heterocycles. The Bertz CT molecular complexity index is 910. The van der Waals surface area contributed by atoms with Crippen molar-refractivity contribution in [2.24, 2.45) is 5.10 Å². The van der Waals surface area contributed by atoms with Crippen LogP contribution >= 0.6 is 0 Å². The van der Waals surface area contributed by atoms with E-state index in [2.05, 4.69) is 5.10 Å². The number of methoxy groups -OCH3 is 4. The minimum Gasteiger partial charge on any atom is -0.497 e. The Kier molecular flexibility index (Phi) is 5.73. The fourth-order valence-corrected chi connectivity index (χ4v) is 3.42. The van der Waals surface area contributed by atoms with Gasteiger partial charge in [-0.1, -0.05) is 12.1 Å². The standard InChI is InChI=1S/C21H24N2O5/c1-13(24)23-18(15-7-6-8-20(27-4)21(15)28-5)12-17(22-23)16-11-14(25-2)9-10-19(16)26-3/h6-11,18H,12H2,1-5H3/t18-/m1/s1. The lowest BCUT2D eigenvalue weighted by molar-refractivity contribution is -0.130. The summed E-state index contributed by atoms with van der Waals surface area (Å²) in [6.07, 6.45) is 0.507. The minimum absolute atomic E-state index is 0.160. The van der Waals surface area contributed by atoms with Gasteiger partial charge in [0.05, 0.1) is 40.2 Å². The molecule has 2 aromatic rings. The third-order valence-corrected chi connectivity index (χ3v) is 4.74. The van der Waals surface area contributed by atoms with Crippen molar-refractivity contribution in [2.75, 3.05) is 28.4 Å². The number of para-hydroxylation sites is 1. The lowest BCUT2D eigenvalue weighted by Crippen LogP contribution is -2.24. The van der Waals surface area contributed by atoms with E-state index >= 15 is 0 Å². The van der Waals surface area contributed by atoms with Crippen molar-refractivity contribution in [3.05, 3.63) is 47.5 Å². The van der Waals surface area contributed by atoms with Crippen molar-refractivity contribution >= 4 is 11.6 Å². The summed E-state index contributed by atoms with van der Waals surface area (Å²) in [5.41, 5.74) is 2.36. The molecule has 0 fully saturated rings. The maximum atomic E-state index is 12.3. The van der Waals surface area contributed by atoms with Gasteiger partial charge in [0.2, 0.25) is 5.91 Å². The van der Waals surface area contributed by atoms with Gasteiger partial charge >= 0.3 is 0 Å². The molecular weight excluding hydrogens is 360 g/mol. The van der Waals surface area contributed by atoms with Crippen LogP contribution in [0.1, 0.15) is 30.5 Å². The Morgan fingerprint density at radius 2 is 1.75 bits per heavy atom. The van der Waals surface area contributed by atoms with Crippen molar-refractivity contribution < 1.29 is 23.7 Å². The van der Waals surface area contributed by atoms with Crippen LogP contribution in [0.3, 0.4) is 0 Å². The molecule has 0 aliphatic carbocycles. The van der Waals surface area contributed by atoms with Crippen LogP contribution in [0.5, 0.6) is 23.0 Å². The summed E-state index contributed by atoms with van der Waals surface area (Å²) < 4.78 is 21.8. The quantitative estimate of drug-likeness (QED) is 0.763. The third-order valence-electron chi connectivity index (χ3n) is 4.74. The largest absolute Gasteiger partial charge is 0.497 e. The molecule has 0 spiro atoms. The molecule has 148 valence electrons. The highest BCUT2D eigenvalue weighted by atomic mass is 16.5. The van der Waals surface area contributed by atoms with Crippen molar-refractivity contribution in [1.29, 1.82) is 0 Å². The van der Waals surface area contributed by atoms with E-state index < -0.39 is 0 Å². The van der Waals surface area contributed by atoms with E-state index in [0.29, 0.717) is 29.4 Å². The monoisotopic (exact) mass is 384 g/mol. The number of ether oxygens (including phenoxy) is 4. The highest BCUT2D eigenvalue weighted by molar-refractivity contribution is 6.05. The summed E-state index contributed by atoms with van der Waals surface area (Å²) in [5.74, 6) is 2.40. The lowest BCUT2D eigenvalue weighted by Gasteiger charge is -2.23. The number of hydrogen-bond acceptors (Lipinski definition) is 6. The Labute approximate surface area is 164 Å². The minimum atomic E-state index is -0.312. The first kappa shape index (κ1) is 19.5. The summed E-state index contributed by atoms with van der Waals surface area (Å²) in [6, 6.07) is 10.8. The first-order valence-electron chi connectivity index (χ1n) is 8.84. The molecule has 7 heteroatoms. The van der Waals surface area contributed by atoms with Gasteiger partial charge in [-0.3, -0.25) is 4.79 Å². The number of nitrogens with zero attached hydrogens (tertiary/aromatic N) is 2. The lowest BCUT2D eigenvalue weighted by atomic mass is 9.96. The molecular formula is C21H24N2O5. The molecule has 0 radical (unpaired) electrons. The van der Waals surface area contributed by atoms with E-state index in [-0.39, 0.29) is 11.9 Å². The van der Waals surface area contributed by atoms with Gasteiger partial charge < -0.3 is 18.9 Å². The van der Waals surface area contributed by atoms with Crippen LogP contribution in [0.4, 0.5) is 0 Å². The fourth-order valence-electron chi connectivity index (χ4n) is 3.42. The van der Waals surface area contributed by atoms with E-state index in [9.17, 15) is 4.79 Å². The van der Waals surface area contributed by atoms with Crippen molar-refractivity contribution in [2.45, 2.75) is 19.4 Å². The molecule has 1 aliphatic heterocycles. The van der Waals surface area contributed by atoms with Gasteiger partial charge in [-0.15, -0.1) is 0 Å². The number of hydrazone groups is 1. The Morgan fingerprint density at radius 3 is 2.36 bits per heavy atom. The van der Waals surface area contributed by atoms with Gasteiger partial charge in [0, 0.05) is 24.5 Å². The molecule has 1 amide bonds. The molecule has 7 nitrogen and oxygen atoms in total. The van der Waals surface area contributed by atoms with Crippen LogP contribution in [0.15, 0.2) is 41.5 Å². The van der Waals surface area contributed by atoms with Crippen LogP contribution < -0.4 is 18.9 Å². The van der Waals surface area contributed by atoms with Crippen LogP contribution in [-0.2, 0) is 4.79 Å². The molecule has 1 atom stereocenters. The highest BCUT2D eigenvalue weighted by Crippen LogP contribution is 2.42. The predicted molar refractivity (Wildman–Crippen MR) is 106 cm³/mol. The summed E-state index contributed by atoms with van der Waals surface area (Å²) in [6.45, 7) is 1.49. The SMILES string of the molecule is COc1ccc(OC)c(C2=NN(C(C)=O)[C@@H](c3cccc(OC)c3OC)C2)c1. The van der Waals surface area contributed by atoms with E-state index in [1.54, 1.807) is 28.4 Å². The van der Waals surface area contributed by atoms with Crippen molar-refractivity contribution in [3.63, 3.8) is 0 Å². The maximum absolute atomic E-state index is 12.3. The van der Waals surface area contributed by atoms with Crippen LogP contribution in [0.2, 0.25) is 0 Å². The molecule has 0 saturated heterocycles. The number of hydrogen-bond donors (Lipinski definition) is 0. The van der Waals surface area contributed by atoms with Gasteiger partial charge in [-0.25, -0.2) is 5.01 Å². The number of carbonyl (C=O) groups is 1. The fraction of sp³-hybridized carbons (Fsp3) is 0.333. The molecule has 2 aromatic carbocycles. The molecule has 3 rings (SSSR count). The summed E-state index contributed by atoms with van der Waals surface area (Å²) in [5, 5.41) is 6.08. The molecule has 0 N–H and O–H groups in total. The topological polar surface area (TPSA) is 69.6 Å². The molecule has 28 heavy (non-hydrogen) atoms. The van der Waals surface area contributed by atoms with Crippen molar-refractivity contribution in [3.8, 4) is 23.0 Å². The highest BCUT2D eigenvalue weighted by Gasteiger charge is 2.35. The zero-order chi connectivity index (χ0) is 20.3. The second-order valence-corrected chi connectivity index (χ2v) is 6.28. The van der Waals surface area contributed by atoms with Crippen LogP contribution in [-0.4, -0.2) is 45.1 Å². The molecule has 0 saturated carbocycles. The van der Waals surface area contributed by atoms with Gasteiger partial charge in [-0.2, -0.15) is 5.10 Å². The smallest absolute Gasteiger partial charge is 0.240 e. The van der Waals surface area contributed by atoms with E-state index in [0.717, 1.165) is 16.8 Å². The molecule has 0 unspecified atom stereocenters. The molecule has 1 aliphatic rings. The van der Waals surface area contributed by atoms with Gasteiger partial charge in [-0.05, 0) is 24.3 Å². The number of amides is 1. The zero-order valence-electron chi connectivity index (χ0n) is 16.7. The van der Waals surface area contributed by atoms with Gasteiger partial charge in [0.25, 0.3) is 0 Å². The van der Waals surface area contributed by atoms with E-state index in [4.69, 9.17) is 18.9 Å². The Balaban J connectivity index is 2.07. The van der Waals surface area contributed by atoms with E-state index in [1.165, 1.54) is 11.9 Å². The van der Waals surface area contributed by atoms with Gasteiger partial charge in [0.15, 0.2) is 11.5 Å². The van der Waals surface area contributed by atoms with Gasteiger partial charge in [0.1, 0.15) is 11.5 Å². The molecule has 1 heterocycles. The first-order chi connectivity index (χ1) is 13.5. The van der Waals surface area contributed by atoms with Crippen molar-refractivity contribution in [1.82, 2.24) is 5.01 Å². The number of rotatable bonds is 6. The average Bonchev–Trinajstić information content (AvgIpc) is 3.18. The normalized spacial score (nSPS) is 15.8. The predicted octanol–water partition coefficient (Wildman–Crippen LogP) is 3.42. The Hall–Kier alpha value is -3.22. The van der Waals surface area contributed by atoms with E-state index in [1.807, 2.05) is 36.4 Å². The summed E-state index contributed by atoms with van der Waals surface area (Å²) in [4.78, 5) is 12.3. The van der Waals surface area contributed by atoms with Crippen LogP contribution in [0.25, 0.3) is 0 Å². The number of carbonyl (C=O) groups excluding carboxylic acids is 1. The van der Waals surface area contributed by atoms with Crippen LogP contribution in [0, 0.1) is 0 Å². The zero-order valence-corrected chi connectivity index (χ0v) is 16.7.